The predicted octanol–water partition coefficient (Wildman–Crippen LogP) is 1.49. The van der Waals surface area contributed by atoms with E-state index in [1.54, 1.807) is 25.1 Å². The number of hydrazine groups is 1. The zero-order chi connectivity index (χ0) is 20.2. The summed E-state index contributed by atoms with van der Waals surface area (Å²) >= 11 is 0. The van der Waals surface area contributed by atoms with Crippen molar-refractivity contribution in [1.29, 1.82) is 0 Å². The van der Waals surface area contributed by atoms with E-state index in [-0.39, 0.29) is 0 Å². The molecule has 10 heteroatoms. The Morgan fingerprint density at radius 3 is 2.72 bits per heavy atom. The first-order valence-corrected chi connectivity index (χ1v) is 9.42. The van der Waals surface area contributed by atoms with E-state index in [0.717, 1.165) is 49.8 Å². The van der Waals surface area contributed by atoms with Crippen LogP contribution < -0.4 is 4.74 Å². The van der Waals surface area contributed by atoms with Crippen molar-refractivity contribution in [1.82, 2.24) is 35.0 Å². The third-order valence-electron chi connectivity index (χ3n) is 4.78. The molecular formula is C19H24N8O2. The number of hydrogen-bond donors (Lipinski definition) is 0. The van der Waals surface area contributed by atoms with Gasteiger partial charge in [0.1, 0.15) is 5.75 Å². The number of methoxy groups -OCH3 is 2. The lowest BCUT2D eigenvalue weighted by Crippen LogP contribution is -2.34. The van der Waals surface area contributed by atoms with Crippen LogP contribution in [0.25, 0.3) is 16.9 Å². The van der Waals surface area contributed by atoms with E-state index in [1.807, 2.05) is 24.3 Å². The number of aliphatic imine (C=N–C) groups is 1. The van der Waals surface area contributed by atoms with Gasteiger partial charge in [0, 0.05) is 27.3 Å². The molecule has 1 aliphatic heterocycles. The van der Waals surface area contributed by atoms with Crippen LogP contribution in [0.5, 0.6) is 5.75 Å². The molecule has 0 amide bonds. The van der Waals surface area contributed by atoms with Gasteiger partial charge in [-0.25, -0.2) is 20.0 Å². The van der Waals surface area contributed by atoms with Crippen molar-refractivity contribution >= 4 is 22.8 Å². The van der Waals surface area contributed by atoms with Crippen LogP contribution >= 0.6 is 0 Å². The Morgan fingerprint density at radius 1 is 1.14 bits per heavy atom. The fourth-order valence-electron chi connectivity index (χ4n) is 3.27. The van der Waals surface area contributed by atoms with Crippen LogP contribution in [0, 0.1) is 0 Å². The van der Waals surface area contributed by atoms with Crippen LogP contribution in [0.4, 0.5) is 5.95 Å². The number of rotatable bonds is 7. The quantitative estimate of drug-likeness (QED) is 0.555. The molecule has 1 saturated heterocycles. The third kappa shape index (κ3) is 4.24. The zero-order valence-corrected chi connectivity index (χ0v) is 16.8. The van der Waals surface area contributed by atoms with Gasteiger partial charge in [-0.15, -0.1) is 5.10 Å². The molecule has 0 saturated carbocycles. The maximum Gasteiger partial charge on any atom is 0.251 e. The zero-order valence-electron chi connectivity index (χ0n) is 16.8. The molecule has 1 aliphatic rings. The van der Waals surface area contributed by atoms with Gasteiger partial charge < -0.3 is 9.47 Å². The average molecular weight is 396 g/mol. The average Bonchev–Trinajstić information content (AvgIpc) is 3.31. The number of fused-ring (bicyclic) bond motifs is 1. The molecule has 10 nitrogen and oxygen atoms in total. The van der Waals surface area contributed by atoms with E-state index in [9.17, 15) is 0 Å². The molecule has 2 aromatic heterocycles. The van der Waals surface area contributed by atoms with Crippen molar-refractivity contribution < 1.29 is 9.47 Å². The van der Waals surface area contributed by atoms with E-state index in [2.05, 4.69) is 42.3 Å². The van der Waals surface area contributed by atoms with Gasteiger partial charge in [-0.05, 0) is 30.7 Å². The highest BCUT2D eigenvalue weighted by molar-refractivity contribution is 5.91. The topological polar surface area (TPSA) is 93.8 Å². The SMILES string of the molecule is COCCCN1CC(=Nc2ncc3nnn(-c4ccc(OC)cc4)c3n2)CN1C. The van der Waals surface area contributed by atoms with Gasteiger partial charge in [0.05, 0.1) is 37.8 Å². The highest BCUT2D eigenvalue weighted by Gasteiger charge is 2.23. The third-order valence-corrected chi connectivity index (χ3v) is 4.78. The normalized spacial score (nSPS) is 16.9. The van der Waals surface area contributed by atoms with Crippen LogP contribution in [-0.2, 0) is 4.74 Å². The fourth-order valence-corrected chi connectivity index (χ4v) is 3.27. The molecule has 4 rings (SSSR count). The van der Waals surface area contributed by atoms with E-state index in [1.165, 1.54) is 0 Å². The Morgan fingerprint density at radius 2 is 1.97 bits per heavy atom. The second-order valence-corrected chi connectivity index (χ2v) is 6.81. The lowest BCUT2D eigenvalue weighted by atomic mass is 10.3. The highest BCUT2D eigenvalue weighted by Crippen LogP contribution is 2.19. The van der Waals surface area contributed by atoms with Gasteiger partial charge in [0.15, 0.2) is 11.2 Å². The Hall–Kier alpha value is -2.95. The number of hydrogen-bond acceptors (Lipinski definition) is 9. The molecule has 0 unspecified atom stereocenters. The first-order valence-electron chi connectivity index (χ1n) is 9.42. The monoisotopic (exact) mass is 396 g/mol. The molecule has 0 N–H and O–H groups in total. The lowest BCUT2D eigenvalue weighted by Gasteiger charge is -2.22. The highest BCUT2D eigenvalue weighted by atomic mass is 16.5. The van der Waals surface area contributed by atoms with Gasteiger partial charge in [-0.1, -0.05) is 5.21 Å². The Kier molecular flexibility index (Phi) is 5.74. The molecule has 152 valence electrons. The smallest absolute Gasteiger partial charge is 0.251 e. The van der Waals surface area contributed by atoms with Crippen molar-refractivity contribution in [2.75, 3.05) is 47.5 Å². The first-order chi connectivity index (χ1) is 14.2. The molecule has 0 aliphatic carbocycles. The second kappa shape index (κ2) is 8.60. The van der Waals surface area contributed by atoms with Crippen LogP contribution in [-0.4, -0.2) is 88.2 Å². The summed E-state index contributed by atoms with van der Waals surface area (Å²) in [5, 5.41) is 12.8. The van der Waals surface area contributed by atoms with E-state index < -0.39 is 0 Å². The van der Waals surface area contributed by atoms with E-state index >= 15 is 0 Å². The summed E-state index contributed by atoms with van der Waals surface area (Å²) in [6, 6.07) is 7.56. The van der Waals surface area contributed by atoms with E-state index in [0.29, 0.717) is 17.1 Å². The van der Waals surface area contributed by atoms with Gasteiger partial charge in [-0.2, -0.15) is 9.67 Å². The molecule has 0 radical (unpaired) electrons. The van der Waals surface area contributed by atoms with Crippen molar-refractivity contribution in [3.05, 3.63) is 30.5 Å². The summed E-state index contributed by atoms with van der Waals surface area (Å²) in [5.41, 5.74) is 3.10. The molecule has 1 fully saturated rings. The Balaban J connectivity index is 1.56. The van der Waals surface area contributed by atoms with Crippen LogP contribution in [0.2, 0.25) is 0 Å². The number of ether oxygens (including phenoxy) is 2. The number of nitrogens with zero attached hydrogens (tertiary/aromatic N) is 8. The minimum absolute atomic E-state index is 0.414. The summed E-state index contributed by atoms with van der Waals surface area (Å²) in [5.74, 6) is 1.19. The minimum Gasteiger partial charge on any atom is -0.497 e. The minimum atomic E-state index is 0.414. The van der Waals surface area contributed by atoms with Gasteiger partial charge in [-0.3, -0.25) is 0 Å². The molecule has 1 aromatic carbocycles. The van der Waals surface area contributed by atoms with Crippen molar-refractivity contribution in [3.63, 3.8) is 0 Å². The van der Waals surface area contributed by atoms with Gasteiger partial charge in [0.2, 0.25) is 0 Å². The molecule has 0 spiro atoms. The Labute approximate surface area is 168 Å². The Bertz CT molecular complexity index is 1000. The maximum atomic E-state index is 5.21. The second-order valence-electron chi connectivity index (χ2n) is 6.81. The van der Waals surface area contributed by atoms with Crippen LogP contribution in [0.1, 0.15) is 6.42 Å². The molecule has 3 aromatic rings. The van der Waals surface area contributed by atoms with Crippen LogP contribution in [0.3, 0.4) is 0 Å². The standard InChI is InChI=1S/C19H24N8O2/c1-25-12-14(13-26(25)9-4-10-28-2)21-19-20-11-17-18(22-19)27(24-23-17)15-5-7-16(29-3)8-6-15/h5-8,11H,4,9-10,12-13H2,1-3H3. The summed E-state index contributed by atoms with van der Waals surface area (Å²) in [6.07, 6.45) is 2.63. The molecule has 29 heavy (non-hydrogen) atoms. The van der Waals surface area contributed by atoms with Crippen LogP contribution in [0.15, 0.2) is 35.5 Å². The molecule has 0 atom stereocenters. The summed E-state index contributed by atoms with van der Waals surface area (Å²) in [7, 11) is 5.42. The largest absolute Gasteiger partial charge is 0.497 e. The molecule has 0 bridgehead atoms. The predicted molar refractivity (Wildman–Crippen MR) is 109 cm³/mol. The van der Waals surface area contributed by atoms with Crippen molar-refractivity contribution in [2.24, 2.45) is 4.99 Å². The lowest BCUT2D eigenvalue weighted by molar-refractivity contribution is 0.0461. The molecular weight excluding hydrogens is 372 g/mol. The number of benzene rings is 1. The molecule has 3 heterocycles. The first kappa shape index (κ1) is 19.4. The van der Waals surface area contributed by atoms with Gasteiger partial charge in [0.25, 0.3) is 5.95 Å². The maximum absolute atomic E-state index is 5.21. The summed E-state index contributed by atoms with van der Waals surface area (Å²) < 4.78 is 12.0. The van der Waals surface area contributed by atoms with Crippen molar-refractivity contribution in [3.8, 4) is 11.4 Å². The fraction of sp³-hybridized carbons (Fsp3) is 0.421. The summed E-state index contributed by atoms with van der Waals surface area (Å²) in [4.78, 5) is 13.6. The van der Waals surface area contributed by atoms with Crippen molar-refractivity contribution in [2.45, 2.75) is 6.42 Å². The van der Waals surface area contributed by atoms with Gasteiger partial charge >= 0.3 is 0 Å². The van der Waals surface area contributed by atoms with E-state index in [4.69, 9.17) is 9.47 Å². The summed E-state index contributed by atoms with van der Waals surface area (Å²) in [6.45, 7) is 3.19. The number of aromatic nitrogens is 5.